The van der Waals surface area contributed by atoms with E-state index in [0.29, 0.717) is 0 Å². The Bertz CT molecular complexity index is 772. The summed E-state index contributed by atoms with van der Waals surface area (Å²) in [5.41, 5.74) is 3.39. The minimum absolute atomic E-state index is 0. The second kappa shape index (κ2) is 7.80. The van der Waals surface area contributed by atoms with Crippen molar-refractivity contribution < 1.29 is 28.1 Å². The first-order valence-electron chi connectivity index (χ1n) is 9.36. The normalized spacial score (nSPS) is 13.4. The minimum atomic E-state index is -2.80. The third-order valence-electron chi connectivity index (χ3n) is 4.26. The van der Waals surface area contributed by atoms with Gasteiger partial charge in [0.15, 0.2) is 0 Å². The van der Waals surface area contributed by atoms with Crippen LogP contribution in [-0.2, 0) is 0 Å². The topological polar surface area (TPSA) is 0 Å². The molecule has 2 heteroatoms. The number of hydrogen-bond donors (Lipinski definition) is 0. The fraction of sp³-hybridized carbons (Fsp3) is 0.182. The van der Waals surface area contributed by atoms with Gasteiger partial charge in [-0.25, -0.2) is 0 Å². The van der Waals surface area contributed by atoms with Gasteiger partial charge in [0.1, 0.15) is 23.2 Å². The maximum absolute atomic E-state index is 8.59. The molecule has 0 heterocycles. The van der Waals surface area contributed by atoms with Crippen molar-refractivity contribution in [3.63, 3.8) is 0 Å². The molecule has 0 atom stereocenters. The molecule has 0 radical (unpaired) electrons. The SMILES string of the molecule is [2H][13C]([2H])([2H])[P+](c1ccc(C)cc1)(c1ccc(C)cc1)c1ccc(C)cc1.[I-]. The van der Waals surface area contributed by atoms with E-state index in [1.54, 1.807) is 0 Å². The van der Waals surface area contributed by atoms with Crippen molar-refractivity contribution in [2.75, 3.05) is 6.59 Å². The lowest BCUT2D eigenvalue weighted by atomic mass is 10.2. The maximum Gasteiger partial charge on any atom is 0.109 e. The van der Waals surface area contributed by atoms with Gasteiger partial charge in [-0.15, -0.1) is 0 Å². The molecule has 0 aliphatic heterocycles. The van der Waals surface area contributed by atoms with E-state index in [2.05, 4.69) is 0 Å². The fourth-order valence-corrected chi connectivity index (χ4v) is 5.44. The van der Waals surface area contributed by atoms with Gasteiger partial charge in [0, 0.05) is 0 Å². The second-order valence-corrected chi connectivity index (χ2v) is 9.07. The summed E-state index contributed by atoms with van der Waals surface area (Å²) >= 11 is 0. The van der Waals surface area contributed by atoms with Crippen LogP contribution in [-0.4, -0.2) is 6.59 Å². The van der Waals surface area contributed by atoms with Gasteiger partial charge in [-0.3, -0.25) is 0 Å². The monoisotopic (exact) mass is 450 g/mol. The number of hydrogen-bond acceptors (Lipinski definition) is 0. The molecule has 0 aromatic heterocycles. The van der Waals surface area contributed by atoms with Gasteiger partial charge in [-0.05, 0) is 57.2 Å². The van der Waals surface area contributed by atoms with Gasteiger partial charge < -0.3 is 24.0 Å². The van der Waals surface area contributed by atoms with Crippen LogP contribution in [0.3, 0.4) is 0 Å². The van der Waals surface area contributed by atoms with Crippen LogP contribution in [0.1, 0.15) is 20.8 Å². The predicted octanol–water partition coefficient (Wildman–Crippen LogP) is 1.54. The van der Waals surface area contributed by atoms with E-state index in [1.165, 1.54) is 0 Å². The van der Waals surface area contributed by atoms with Gasteiger partial charge in [0.2, 0.25) is 0 Å². The molecule has 24 heavy (non-hydrogen) atoms. The van der Waals surface area contributed by atoms with Gasteiger partial charge in [-0.2, -0.15) is 0 Å². The Kier molecular flexibility index (Phi) is 4.91. The molecule has 124 valence electrons. The Labute approximate surface area is 167 Å². The summed E-state index contributed by atoms with van der Waals surface area (Å²) in [7, 11) is -2.80. The second-order valence-electron chi connectivity index (χ2n) is 6.18. The molecule has 0 saturated carbocycles. The van der Waals surface area contributed by atoms with Crippen molar-refractivity contribution >= 4 is 23.2 Å². The maximum atomic E-state index is 8.59. The van der Waals surface area contributed by atoms with Crippen LogP contribution in [0.15, 0.2) is 72.8 Å². The van der Waals surface area contributed by atoms with E-state index in [-0.39, 0.29) is 24.0 Å². The summed E-state index contributed by atoms with van der Waals surface area (Å²) in [6.45, 7) is 3.94. The van der Waals surface area contributed by atoms with E-state index >= 15 is 0 Å². The lowest BCUT2D eigenvalue weighted by molar-refractivity contribution is -0.00000479. The third-order valence-corrected chi connectivity index (χ3v) is 7.48. The number of halogens is 1. The first-order chi connectivity index (χ1) is 12.2. The number of aryl methyl sites for hydroxylation is 3. The van der Waals surface area contributed by atoms with Crippen LogP contribution in [0.5, 0.6) is 0 Å². The average molecular weight is 450 g/mol. The van der Waals surface area contributed by atoms with Crippen LogP contribution >= 0.6 is 7.26 Å². The van der Waals surface area contributed by atoms with Crippen LogP contribution in [0.4, 0.5) is 0 Å². The molecule has 0 fully saturated rings. The van der Waals surface area contributed by atoms with Gasteiger partial charge in [0.25, 0.3) is 0 Å². The van der Waals surface area contributed by atoms with E-state index in [0.717, 1.165) is 32.6 Å². The predicted molar refractivity (Wildman–Crippen MR) is 105 cm³/mol. The smallest absolute Gasteiger partial charge is 0.109 e. The lowest BCUT2D eigenvalue weighted by Crippen LogP contribution is -3.00. The summed E-state index contributed by atoms with van der Waals surface area (Å²) < 4.78 is 25.8. The number of rotatable bonds is 3. The van der Waals surface area contributed by atoms with Gasteiger partial charge >= 0.3 is 0 Å². The van der Waals surface area contributed by atoms with Crippen LogP contribution in [0.2, 0.25) is 0 Å². The minimum Gasteiger partial charge on any atom is -1.00 e. The largest absolute Gasteiger partial charge is 1.00 e. The molecule has 0 N–H and O–H groups in total. The summed E-state index contributed by atoms with van der Waals surface area (Å²) in [6.07, 6.45) is 0. The van der Waals surface area contributed by atoms with Gasteiger partial charge in [0.05, 0.1) is 10.7 Å². The zero-order valence-corrected chi connectivity index (χ0v) is 17.3. The highest BCUT2D eigenvalue weighted by atomic mass is 127. The summed E-state index contributed by atoms with van der Waals surface area (Å²) in [6, 6.07) is 24.0. The molecule has 0 unspecified atom stereocenters. The average Bonchev–Trinajstić information content (AvgIpc) is 2.59. The Morgan fingerprint density at radius 3 is 1.00 bits per heavy atom. The first kappa shape index (κ1) is 15.1. The van der Waals surface area contributed by atoms with Crippen molar-refractivity contribution in [2.24, 2.45) is 0 Å². The Morgan fingerprint density at radius 2 is 0.792 bits per heavy atom. The summed E-state index contributed by atoms with van der Waals surface area (Å²) in [4.78, 5) is 0. The third kappa shape index (κ3) is 3.73. The van der Waals surface area contributed by atoms with Crippen LogP contribution in [0.25, 0.3) is 0 Å². The fourth-order valence-electron chi connectivity index (χ4n) is 2.75. The van der Waals surface area contributed by atoms with Crippen LogP contribution < -0.4 is 39.9 Å². The highest BCUT2D eigenvalue weighted by molar-refractivity contribution is 7.95. The molecule has 3 aromatic rings. The molecule has 0 aliphatic carbocycles. The molecule has 0 spiro atoms. The zero-order chi connectivity index (χ0) is 18.9. The molecule has 0 bridgehead atoms. The number of benzene rings is 3. The van der Waals surface area contributed by atoms with Gasteiger partial charge in [-0.1, -0.05) is 53.1 Å². The van der Waals surface area contributed by atoms with Crippen molar-refractivity contribution in [3.05, 3.63) is 89.5 Å². The van der Waals surface area contributed by atoms with E-state index in [4.69, 9.17) is 4.11 Å². The molecule has 0 nitrogen and oxygen atoms in total. The van der Waals surface area contributed by atoms with E-state index in [9.17, 15) is 0 Å². The van der Waals surface area contributed by atoms with E-state index < -0.39 is 13.9 Å². The quantitative estimate of drug-likeness (QED) is 0.323. The summed E-state index contributed by atoms with van der Waals surface area (Å²) in [5, 5.41) is 2.70. The molecule has 0 aliphatic rings. The molecule has 0 amide bonds. The lowest BCUT2D eigenvalue weighted by Gasteiger charge is -2.23. The highest BCUT2D eigenvalue weighted by Gasteiger charge is 2.39. The zero-order valence-electron chi connectivity index (χ0n) is 17.3. The Morgan fingerprint density at radius 1 is 0.542 bits per heavy atom. The molecular weight excluding hydrogens is 423 g/mol. The highest BCUT2D eigenvalue weighted by Crippen LogP contribution is 2.51. The Balaban J connectivity index is 0.00000261. The van der Waals surface area contributed by atoms with Crippen molar-refractivity contribution in [1.29, 1.82) is 0 Å². The Hall–Kier alpha value is -1.18. The molecular formula is C22H24IP. The van der Waals surface area contributed by atoms with Crippen LogP contribution in [0, 0.1) is 20.8 Å². The van der Waals surface area contributed by atoms with Crippen molar-refractivity contribution in [1.82, 2.24) is 0 Å². The van der Waals surface area contributed by atoms with Crippen molar-refractivity contribution in [2.45, 2.75) is 20.8 Å². The molecule has 0 saturated heterocycles. The summed E-state index contributed by atoms with van der Waals surface area (Å²) in [5.74, 6) is 0. The van der Waals surface area contributed by atoms with E-state index in [1.807, 2.05) is 93.6 Å². The first-order valence-corrected chi connectivity index (χ1v) is 9.65. The molecule has 3 aromatic carbocycles. The van der Waals surface area contributed by atoms with Crippen molar-refractivity contribution in [3.8, 4) is 0 Å². The standard InChI is InChI=1S/C22H24P.HI/c1-17-5-11-20(12-6-17)23(4,21-13-7-18(2)8-14-21)22-15-9-19(3)10-16-22;/h5-16H,1-4H3;1H/q+1;/p-1/i4+1D3;. The molecule has 3 rings (SSSR count).